The van der Waals surface area contributed by atoms with E-state index in [9.17, 15) is 14.3 Å². The maximum atomic E-state index is 13.1. The number of rotatable bonds is 3. The first kappa shape index (κ1) is 15.7. The van der Waals surface area contributed by atoms with Crippen LogP contribution in [0.15, 0.2) is 24.3 Å². The number of aromatic amines is 1. The number of H-pyrrole nitrogens is 1. The normalized spacial score (nSPS) is 21.0. The van der Waals surface area contributed by atoms with Gasteiger partial charge in [-0.2, -0.15) is 5.10 Å². The number of β-amino-alcohol motifs (C(OH)–C–C–N with tert-alkyl or cyclic N) is 1. The summed E-state index contributed by atoms with van der Waals surface area (Å²) < 4.78 is 13.1. The van der Waals surface area contributed by atoms with Gasteiger partial charge in [-0.3, -0.25) is 9.89 Å². The Morgan fingerprint density at radius 2 is 2.09 bits per heavy atom. The summed E-state index contributed by atoms with van der Waals surface area (Å²) in [6, 6.07) is 5.89. The van der Waals surface area contributed by atoms with Crippen molar-refractivity contribution < 1.29 is 14.3 Å². The fourth-order valence-electron chi connectivity index (χ4n) is 3.18. The Morgan fingerprint density at radius 1 is 1.39 bits per heavy atom. The molecule has 2 heterocycles. The van der Waals surface area contributed by atoms with E-state index in [0.717, 1.165) is 22.5 Å². The van der Waals surface area contributed by atoms with Gasteiger partial charge in [0.25, 0.3) is 0 Å². The number of hydrogen-bond donors (Lipinski definition) is 2. The van der Waals surface area contributed by atoms with Crippen LogP contribution in [0.5, 0.6) is 0 Å². The third-order valence-electron chi connectivity index (χ3n) is 4.46. The molecule has 122 valence electrons. The van der Waals surface area contributed by atoms with Gasteiger partial charge in [-0.1, -0.05) is 12.1 Å². The fraction of sp³-hybridized carbons (Fsp3) is 0.412. The average molecular weight is 317 g/mol. The number of aliphatic hydroxyl groups excluding tert-OH is 1. The zero-order valence-corrected chi connectivity index (χ0v) is 13.2. The second-order valence-corrected chi connectivity index (χ2v) is 6.09. The van der Waals surface area contributed by atoms with Gasteiger partial charge in [0, 0.05) is 17.8 Å². The van der Waals surface area contributed by atoms with Crippen molar-refractivity contribution >= 4 is 5.91 Å². The van der Waals surface area contributed by atoms with E-state index < -0.39 is 6.10 Å². The van der Waals surface area contributed by atoms with Crippen molar-refractivity contribution in [2.45, 2.75) is 38.8 Å². The average Bonchev–Trinajstić information content (AvgIpc) is 3.05. The van der Waals surface area contributed by atoms with E-state index in [-0.39, 0.29) is 24.2 Å². The first-order valence-electron chi connectivity index (χ1n) is 7.69. The molecule has 2 N–H and O–H groups in total. The molecular formula is C17H20FN3O2. The Kier molecular flexibility index (Phi) is 4.17. The van der Waals surface area contributed by atoms with E-state index in [1.54, 1.807) is 17.0 Å². The summed E-state index contributed by atoms with van der Waals surface area (Å²) in [6.45, 7) is 4.05. The minimum Gasteiger partial charge on any atom is -0.391 e. The summed E-state index contributed by atoms with van der Waals surface area (Å²) in [6.07, 6.45) is 0.166. The number of halogens is 1. The van der Waals surface area contributed by atoms with E-state index in [0.29, 0.717) is 13.0 Å². The number of nitrogens with one attached hydrogen (secondary N) is 1. The number of hydrogen-bond acceptors (Lipinski definition) is 3. The van der Waals surface area contributed by atoms with Crippen molar-refractivity contribution in [3.63, 3.8) is 0 Å². The minimum absolute atomic E-state index is 0.0523. The summed E-state index contributed by atoms with van der Waals surface area (Å²) >= 11 is 0. The highest BCUT2D eigenvalue weighted by Gasteiger charge is 2.35. The van der Waals surface area contributed by atoms with Crippen molar-refractivity contribution in [2.24, 2.45) is 0 Å². The Balaban J connectivity index is 1.81. The molecule has 1 amide bonds. The molecule has 1 aromatic carbocycles. The van der Waals surface area contributed by atoms with Gasteiger partial charge in [0.05, 0.1) is 24.3 Å². The quantitative estimate of drug-likeness (QED) is 0.910. The fourth-order valence-corrected chi connectivity index (χ4v) is 3.18. The van der Waals surface area contributed by atoms with Gasteiger partial charge in [0.1, 0.15) is 5.82 Å². The summed E-state index contributed by atoms with van der Waals surface area (Å²) in [5.74, 6) is -0.363. The molecule has 23 heavy (non-hydrogen) atoms. The highest BCUT2D eigenvalue weighted by atomic mass is 19.1. The zero-order chi connectivity index (χ0) is 16.6. The standard InChI is InChI=1S/C17H20FN3O2/c1-10-15(11(2)20-19-10)8-17(23)21-9-14(22)7-16(21)12-3-5-13(18)6-4-12/h3-6,14,16,22H,7-9H2,1-2H3,(H,19,20)/t14-,16+/m0/s1. The third-order valence-corrected chi connectivity index (χ3v) is 4.46. The van der Waals surface area contributed by atoms with Crippen molar-refractivity contribution in [2.75, 3.05) is 6.54 Å². The van der Waals surface area contributed by atoms with E-state index in [4.69, 9.17) is 0 Å². The molecule has 0 aliphatic carbocycles. The van der Waals surface area contributed by atoms with Crippen LogP contribution >= 0.6 is 0 Å². The van der Waals surface area contributed by atoms with Gasteiger partial charge in [-0.05, 0) is 38.0 Å². The first-order chi connectivity index (χ1) is 11.0. The van der Waals surface area contributed by atoms with E-state index in [1.165, 1.54) is 12.1 Å². The van der Waals surface area contributed by atoms with Crippen LogP contribution in [0.1, 0.15) is 35.0 Å². The monoisotopic (exact) mass is 317 g/mol. The topological polar surface area (TPSA) is 69.2 Å². The number of carbonyl (C=O) groups is 1. The number of carbonyl (C=O) groups excluding carboxylic acids is 1. The first-order valence-corrected chi connectivity index (χ1v) is 7.69. The van der Waals surface area contributed by atoms with Crippen LogP contribution in [0.3, 0.4) is 0 Å². The lowest BCUT2D eigenvalue weighted by molar-refractivity contribution is -0.131. The zero-order valence-electron chi connectivity index (χ0n) is 13.2. The minimum atomic E-state index is -0.555. The lowest BCUT2D eigenvalue weighted by Crippen LogP contribution is -2.33. The Morgan fingerprint density at radius 3 is 2.70 bits per heavy atom. The van der Waals surface area contributed by atoms with Gasteiger partial charge >= 0.3 is 0 Å². The molecular weight excluding hydrogens is 297 g/mol. The smallest absolute Gasteiger partial charge is 0.227 e. The van der Waals surface area contributed by atoms with Crippen LogP contribution in [-0.2, 0) is 11.2 Å². The number of nitrogens with zero attached hydrogens (tertiary/aromatic N) is 2. The molecule has 5 nitrogen and oxygen atoms in total. The van der Waals surface area contributed by atoms with Gasteiger partial charge in [0.2, 0.25) is 5.91 Å². The number of amides is 1. The summed E-state index contributed by atoms with van der Waals surface area (Å²) in [5, 5.41) is 17.0. The molecule has 6 heteroatoms. The van der Waals surface area contributed by atoms with Crippen LogP contribution in [-0.4, -0.2) is 38.8 Å². The molecule has 0 saturated carbocycles. The number of aromatic nitrogens is 2. The number of aliphatic hydroxyl groups is 1. The van der Waals surface area contributed by atoms with Crippen LogP contribution in [0, 0.1) is 19.7 Å². The largest absolute Gasteiger partial charge is 0.391 e. The molecule has 0 bridgehead atoms. The summed E-state index contributed by atoms with van der Waals surface area (Å²) in [7, 11) is 0. The van der Waals surface area contributed by atoms with Crippen LogP contribution in [0.2, 0.25) is 0 Å². The SMILES string of the molecule is Cc1n[nH]c(C)c1CC(=O)N1C[C@@H](O)C[C@@H]1c1ccc(F)cc1. The molecule has 2 aromatic rings. The second-order valence-electron chi connectivity index (χ2n) is 6.09. The van der Waals surface area contributed by atoms with E-state index >= 15 is 0 Å². The molecule has 1 aliphatic rings. The summed E-state index contributed by atoms with van der Waals surface area (Å²) in [5.41, 5.74) is 3.44. The molecule has 2 atom stereocenters. The van der Waals surface area contributed by atoms with Crippen LogP contribution in [0.25, 0.3) is 0 Å². The van der Waals surface area contributed by atoms with Crippen molar-refractivity contribution in [3.05, 3.63) is 52.6 Å². The van der Waals surface area contributed by atoms with Crippen molar-refractivity contribution in [1.82, 2.24) is 15.1 Å². The van der Waals surface area contributed by atoms with E-state index in [2.05, 4.69) is 10.2 Å². The molecule has 1 fully saturated rings. The Bertz CT molecular complexity index is 692. The van der Waals surface area contributed by atoms with Crippen molar-refractivity contribution in [3.8, 4) is 0 Å². The molecule has 1 aromatic heterocycles. The molecule has 1 saturated heterocycles. The van der Waals surface area contributed by atoms with E-state index in [1.807, 2.05) is 13.8 Å². The lowest BCUT2D eigenvalue weighted by Gasteiger charge is -2.25. The number of likely N-dealkylation sites (tertiary alicyclic amines) is 1. The predicted octanol–water partition coefficient (Wildman–Crippen LogP) is 2.04. The maximum absolute atomic E-state index is 13.1. The maximum Gasteiger partial charge on any atom is 0.227 e. The lowest BCUT2D eigenvalue weighted by atomic mass is 10.0. The van der Waals surface area contributed by atoms with Gasteiger partial charge < -0.3 is 10.0 Å². The number of aryl methyl sites for hydroxylation is 2. The van der Waals surface area contributed by atoms with Crippen LogP contribution in [0.4, 0.5) is 4.39 Å². The molecule has 0 unspecified atom stereocenters. The predicted molar refractivity (Wildman–Crippen MR) is 83.2 cm³/mol. The van der Waals surface area contributed by atoms with Crippen LogP contribution < -0.4 is 0 Å². The highest BCUT2D eigenvalue weighted by molar-refractivity contribution is 5.80. The van der Waals surface area contributed by atoms with Gasteiger partial charge in [0.15, 0.2) is 0 Å². The Labute approximate surface area is 134 Å². The number of benzene rings is 1. The van der Waals surface area contributed by atoms with Gasteiger partial charge in [-0.15, -0.1) is 0 Å². The Hall–Kier alpha value is -2.21. The molecule has 0 spiro atoms. The molecule has 3 rings (SSSR count). The molecule has 0 radical (unpaired) electrons. The highest BCUT2D eigenvalue weighted by Crippen LogP contribution is 2.33. The molecule has 1 aliphatic heterocycles. The summed E-state index contributed by atoms with van der Waals surface area (Å²) in [4.78, 5) is 14.4. The second kappa shape index (κ2) is 6.12. The third kappa shape index (κ3) is 3.12. The van der Waals surface area contributed by atoms with Crippen molar-refractivity contribution in [1.29, 1.82) is 0 Å². The van der Waals surface area contributed by atoms with Gasteiger partial charge in [-0.25, -0.2) is 4.39 Å².